The standard InChI is InChI=1S/C19H25NO3/c1-18(2)9-15-10-19(3,11-18)12-20(15)16(21)8-13-5-4-6-14(7-13)17(22)23/h4-7,15H,8-12H2,1-3H3,(H,22,23). The first-order valence-corrected chi connectivity index (χ1v) is 8.29. The van der Waals surface area contributed by atoms with Crippen molar-refractivity contribution in [3.8, 4) is 0 Å². The minimum atomic E-state index is -0.953. The second-order valence-electron chi connectivity index (χ2n) is 8.42. The Balaban J connectivity index is 1.75. The Kier molecular flexibility index (Phi) is 3.74. The van der Waals surface area contributed by atoms with Gasteiger partial charge in [-0.25, -0.2) is 4.79 Å². The van der Waals surface area contributed by atoms with E-state index in [-0.39, 0.29) is 28.7 Å². The van der Waals surface area contributed by atoms with Gasteiger partial charge in [0.05, 0.1) is 12.0 Å². The van der Waals surface area contributed by atoms with Crippen LogP contribution >= 0.6 is 0 Å². The number of amides is 1. The molecule has 1 heterocycles. The third-order valence-electron chi connectivity index (χ3n) is 5.26. The molecule has 2 fully saturated rings. The van der Waals surface area contributed by atoms with E-state index in [1.54, 1.807) is 18.2 Å². The Labute approximate surface area is 137 Å². The summed E-state index contributed by atoms with van der Waals surface area (Å²) in [4.78, 5) is 25.9. The van der Waals surface area contributed by atoms with Gasteiger partial charge in [0.1, 0.15) is 0 Å². The number of carboxylic acids is 1. The van der Waals surface area contributed by atoms with Gasteiger partial charge in [0.25, 0.3) is 0 Å². The van der Waals surface area contributed by atoms with Crippen LogP contribution in [0.3, 0.4) is 0 Å². The summed E-state index contributed by atoms with van der Waals surface area (Å²) in [6.45, 7) is 7.71. The van der Waals surface area contributed by atoms with Gasteiger partial charge in [-0.3, -0.25) is 4.79 Å². The quantitative estimate of drug-likeness (QED) is 0.930. The lowest BCUT2D eigenvalue weighted by atomic mass is 9.65. The Hall–Kier alpha value is -1.84. The van der Waals surface area contributed by atoms with E-state index in [1.165, 1.54) is 0 Å². The first-order chi connectivity index (χ1) is 10.7. The van der Waals surface area contributed by atoms with Gasteiger partial charge in [0, 0.05) is 12.6 Å². The van der Waals surface area contributed by atoms with Crippen LogP contribution in [0.5, 0.6) is 0 Å². The zero-order valence-electron chi connectivity index (χ0n) is 14.1. The summed E-state index contributed by atoms with van der Waals surface area (Å²) in [5, 5.41) is 9.07. The lowest BCUT2D eigenvalue weighted by Crippen LogP contribution is -2.38. The molecule has 3 rings (SSSR count). The topological polar surface area (TPSA) is 57.6 Å². The molecule has 1 saturated carbocycles. The molecule has 2 aliphatic rings. The average molecular weight is 315 g/mol. The molecule has 2 atom stereocenters. The Morgan fingerprint density at radius 2 is 2.00 bits per heavy atom. The first kappa shape index (κ1) is 16.0. The highest BCUT2D eigenvalue weighted by atomic mass is 16.4. The zero-order valence-corrected chi connectivity index (χ0v) is 14.1. The minimum absolute atomic E-state index is 0.124. The van der Waals surface area contributed by atoms with E-state index in [9.17, 15) is 9.59 Å². The highest BCUT2D eigenvalue weighted by Crippen LogP contribution is 2.52. The molecule has 2 unspecified atom stereocenters. The predicted octanol–water partition coefficient (Wildman–Crippen LogP) is 3.35. The predicted molar refractivity (Wildman–Crippen MR) is 88.3 cm³/mol. The van der Waals surface area contributed by atoms with Crippen LogP contribution in [0.25, 0.3) is 0 Å². The Bertz CT molecular complexity index is 652. The summed E-state index contributed by atoms with van der Waals surface area (Å²) in [5.74, 6) is -0.829. The van der Waals surface area contributed by atoms with Crippen molar-refractivity contribution in [3.63, 3.8) is 0 Å². The van der Waals surface area contributed by atoms with Crippen molar-refractivity contribution < 1.29 is 14.7 Å². The van der Waals surface area contributed by atoms with Crippen molar-refractivity contribution in [1.29, 1.82) is 0 Å². The second-order valence-corrected chi connectivity index (χ2v) is 8.42. The summed E-state index contributed by atoms with van der Waals surface area (Å²) in [7, 11) is 0. The largest absolute Gasteiger partial charge is 0.478 e. The number of nitrogens with zero attached hydrogens (tertiary/aromatic N) is 1. The van der Waals surface area contributed by atoms with Gasteiger partial charge in [-0.1, -0.05) is 32.9 Å². The molecule has 0 aromatic heterocycles. The molecule has 0 spiro atoms. The van der Waals surface area contributed by atoms with E-state index >= 15 is 0 Å². The van der Waals surface area contributed by atoms with Crippen molar-refractivity contribution in [3.05, 3.63) is 35.4 Å². The third kappa shape index (κ3) is 3.26. The fourth-order valence-corrected chi connectivity index (χ4v) is 4.84. The number of hydrogen-bond donors (Lipinski definition) is 1. The molecule has 4 nitrogen and oxygen atoms in total. The zero-order chi connectivity index (χ0) is 16.8. The fraction of sp³-hybridized carbons (Fsp3) is 0.579. The van der Waals surface area contributed by atoms with E-state index in [4.69, 9.17) is 5.11 Å². The number of carboxylic acid groups (broad SMARTS) is 1. The molecule has 2 bridgehead atoms. The molecule has 1 N–H and O–H groups in total. The Morgan fingerprint density at radius 3 is 2.70 bits per heavy atom. The highest BCUT2D eigenvalue weighted by Gasteiger charge is 2.50. The van der Waals surface area contributed by atoms with Crippen LogP contribution in [0.4, 0.5) is 0 Å². The Morgan fingerprint density at radius 1 is 1.26 bits per heavy atom. The van der Waals surface area contributed by atoms with Gasteiger partial charge in [0.2, 0.25) is 5.91 Å². The van der Waals surface area contributed by atoms with Crippen molar-refractivity contribution in [2.24, 2.45) is 10.8 Å². The second kappa shape index (κ2) is 5.36. The van der Waals surface area contributed by atoms with E-state index in [0.717, 1.165) is 31.4 Å². The number of aromatic carboxylic acids is 1. The van der Waals surface area contributed by atoms with Crippen molar-refractivity contribution in [2.75, 3.05) is 6.54 Å². The molecule has 124 valence electrons. The van der Waals surface area contributed by atoms with Crippen LogP contribution in [-0.4, -0.2) is 34.5 Å². The van der Waals surface area contributed by atoms with Gasteiger partial charge >= 0.3 is 5.97 Å². The fourth-order valence-electron chi connectivity index (χ4n) is 4.84. The first-order valence-electron chi connectivity index (χ1n) is 8.29. The van der Waals surface area contributed by atoms with Gasteiger partial charge in [-0.15, -0.1) is 0 Å². The maximum absolute atomic E-state index is 12.8. The molecule has 1 aliphatic heterocycles. The maximum atomic E-state index is 12.8. The number of rotatable bonds is 3. The van der Waals surface area contributed by atoms with Gasteiger partial charge in [0.15, 0.2) is 0 Å². The number of carbonyl (C=O) groups excluding carboxylic acids is 1. The summed E-state index contributed by atoms with van der Waals surface area (Å²) in [6.07, 6.45) is 3.60. The molecule has 0 radical (unpaired) electrons. The summed E-state index contributed by atoms with van der Waals surface area (Å²) < 4.78 is 0. The average Bonchev–Trinajstić information content (AvgIpc) is 2.68. The van der Waals surface area contributed by atoms with Crippen LogP contribution < -0.4 is 0 Å². The number of likely N-dealkylation sites (tertiary alicyclic amines) is 1. The van der Waals surface area contributed by atoms with Crippen LogP contribution in [0.2, 0.25) is 0 Å². The molecule has 1 saturated heterocycles. The normalized spacial score (nSPS) is 28.7. The van der Waals surface area contributed by atoms with E-state index < -0.39 is 5.97 Å². The molecular formula is C19H25NO3. The summed E-state index contributed by atoms with van der Waals surface area (Å²) in [6, 6.07) is 7.03. The van der Waals surface area contributed by atoms with Crippen LogP contribution in [0.15, 0.2) is 24.3 Å². The summed E-state index contributed by atoms with van der Waals surface area (Å²) >= 11 is 0. The van der Waals surface area contributed by atoms with Crippen molar-refractivity contribution in [1.82, 2.24) is 4.90 Å². The van der Waals surface area contributed by atoms with Gasteiger partial charge < -0.3 is 10.0 Å². The van der Waals surface area contributed by atoms with Crippen LogP contribution in [0, 0.1) is 10.8 Å². The molecule has 4 heteroatoms. The van der Waals surface area contributed by atoms with E-state index in [1.807, 2.05) is 11.0 Å². The molecule has 1 aliphatic carbocycles. The van der Waals surface area contributed by atoms with Gasteiger partial charge in [-0.2, -0.15) is 0 Å². The van der Waals surface area contributed by atoms with E-state index in [0.29, 0.717) is 6.04 Å². The van der Waals surface area contributed by atoms with Gasteiger partial charge in [-0.05, 0) is 47.8 Å². The monoisotopic (exact) mass is 315 g/mol. The SMILES string of the molecule is CC1(C)CC2CC(C)(CN2C(=O)Cc2cccc(C(=O)O)c2)C1. The summed E-state index contributed by atoms with van der Waals surface area (Å²) in [5.41, 5.74) is 1.53. The molecule has 1 aromatic rings. The highest BCUT2D eigenvalue weighted by molar-refractivity contribution is 5.88. The molecule has 1 amide bonds. The smallest absolute Gasteiger partial charge is 0.335 e. The molecule has 1 aromatic carbocycles. The lowest BCUT2D eigenvalue weighted by molar-refractivity contribution is -0.131. The van der Waals surface area contributed by atoms with Crippen molar-refractivity contribution in [2.45, 2.75) is 52.5 Å². The number of fused-ring (bicyclic) bond motifs is 2. The van der Waals surface area contributed by atoms with Crippen molar-refractivity contribution >= 4 is 11.9 Å². The van der Waals surface area contributed by atoms with Crippen LogP contribution in [0.1, 0.15) is 56.0 Å². The van der Waals surface area contributed by atoms with E-state index in [2.05, 4.69) is 20.8 Å². The number of benzene rings is 1. The lowest BCUT2D eigenvalue weighted by Gasteiger charge is -2.39. The maximum Gasteiger partial charge on any atom is 0.335 e. The molecule has 23 heavy (non-hydrogen) atoms. The van der Waals surface area contributed by atoms with Crippen LogP contribution in [-0.2, 0) is 11.2 Å². The molecular weight excluding hydrogens is 290 g/mol. The number of carbonyl (C=O) groups is 2. The minimum Gasteiger partial charge on any atom is -0.478 e. The number of hydrogen-bond acceptors (Lipinski definition) is 2. The third-order valence-corrected chi connectivity index (χ3v) is 5.26.